The molecule has 0 atom stereocenters. The number of aromatic hydroxyl groups is 1. The zero-order valence-electron chi connectivity index (χ0n) is 8.82. The van der Waals surface area contributed by atoms with Crippen LogP contribution in [0.1, 0.15) is 19.4 Å². The minimum absolute atomic E-state index is 0.179. The highest BCUT2D eigenvalue weighted by Crippen LogP contribution is 2.26. The lowest BCUT2D eigenvalue weighted by molar-refractivity contribution is 0.373. The molecule has 0 aromatic heterocycles. The van der Waals surface area contributed by atoms with E-state index in [9.17, 15) is 5.11 Å². The van der Waals surface area contributed by atoms with Crippen molar-refractivity contribution in [3.05, 3.63) is 29.8 Å². The Labute approximate surface area is 84.8 Å². The lowest BCUT2D eigenvalue weighted by Gasteiger charge is -2.03. The van der Waals surface area contributed by atoms with Crippen LogP contribution in [-0.2, 0) is 0 Å². The topological polar surface area (TPSA) is 29.5 Å². The Morgan fingerprint density at radius 3 is 2.57 bits per heavy atom. The molecule has 2 heteroatoms. The predicted octanol–water partition coefficient (Wildman–Crippen LogP) is 3.07. The van der Waals surface area contributed by atoms with Gasteiger partial charge in [0.05, 0.1) is 7.11 Å². The summed E-state index contributed by atoms with van der Waals surface area (Å²) in [7, 11) is 1.54. The lowest BCUT2D eigenvalue weighted by atomic mass is 10.1. The molecule has 0 amide bonds. The van der Waals surface area contributed by atoms with E-state index in [0.717, 1.165) is 5.56 Å². The second-order valence-electron chi connectivity index (χ2n) is 3.53. The Hall–Kier alpha value is -1.44. The Bertz CT molecular complexity index is 327. The fraction of sp³-hybridized carbons (Fsp3) is 0.333. The summed E-state index contributed by atoms with van der Waals surface area (Å²) in [6, 6.07) is 5.37. The fourth-order valence-corrected chi connectivity index (χ4v) is 1.11. The summed E-state index contributed by atoms with van der Waals surface area (Å²) in [5.74, 6) is 1.20. The van der Waals surface area contributed by atoms with Gasteiger partial charge in [0.25, 0.3) is 0 Å². The zero-order valence-corrected chi connectivity index (χ0v) is 8.82. The number of phenolic OH excluding ortho intramolecular Hbond substituents is 1. The molecule has 0 heterocycles. The van der Waals surface area contributed by atoms with Crippen molar-refractivity contribution < 1.29 is 9.84 Å². The summed E-state index contributed by atoms with van der Waals surface area (Å²) < 4.78 is 4.95. The number of ether oxygens (including phenoxy) is 1. The molecule has 1 N–H and O–H groups in total. The Balaban J connectivity index is 2.86. The molecule has 0 saturated heterocycles. The molecule has 0 fully saturated rings. The van der Waals surface area contributed by atoms with Gasteiger partial charge in [-0.1, -0.05) is 32.1 Å². The van der Waals surface area contributed by atoms with Crippen LogP contribution in [0.15, 0.2) is 24.3 Å². The van der Waals surface area contributed by atoms with E-state index in [-0.39, 0.29) is 5.75 Å². The van der Waals surface area contributed by atoms with E-state index in [1.54, 1.807) is 19.2 Å². The summed E-state index contributed by atoms with van der Waals surface area (Å²) in [6.07, 6.45) is 4.07. The van der Waals surface area contributed by atoms with Gasteiger partial charge < -0.3 is 9.84 Å². The van der Waals surface area contributed by atoms with E-state index in [1.807, 2.05) is 12.1 Å². The van der Waals surface area contributed by atoms with Crippen molar-refractivity contribution in [2.24, 2.45) is 5.92 Å². The highest BCUT2D eigenvalue weighted by atomic mass is 16.5. The van der Waals surface area contributed by atoms with Crippen LogP contribution in [0, 0.1) is 5.92 Å². The maximum Gasteiger partial charge on any atom is 0.160 e. The number of methoxy groups -OCH3 is 1. The number of rotatable bonds is 3. The fourth-order valence-electron chi connectivity index (χ4n) is 1.11. The van der Waals surface area contributed by atoms with Gasteiger partial charge in [-0.25, -0.2) is 0 Å². The first kappa shape index (κ1) is 10.6. The molecule has 1 rings (SSSR count). The maximum atomic E-state index is 9.50. The molecule has 0 aliphatic rings. The molecule has 0 saturated carbocycles. The van der Waals surface area contributed by atoms with Gasteiger partial charge >= 0.3 is 0 Å². The molecule has 0 aliphatic heterocycles. The zero-order chi connectivity index (χ0) is 10.6. The van der Waals surface area contributed by atoms with Crippen molar-refractivity contribution in [1.82, 2.24) is 0 Å². The normalized spacial score (nSPS) is 11.1. The molecule has 0 radical (unpaired) electrons. The van der Waals surface area contributed by atoms with Gasteiger partial charge in [0, 0.05) is 0 Å². The third-order valence-corrected chi connectivity index (χ3v) is 1.88. The molecule has 14 heavy (non-hydrogen) atoms. The van der Waals surface area contributed by atoms with Crippen LogP contribution < -0.4 is 4.74 Å². The number of allylic oxidation sites excluding steroid dienone is 1. The number of phenols is 1. The van der Waals surface area contributed by atoms with E-state index in [2.05, 4.69) is 19.9 Å². The van der Waals surface area contributed by atoms with Gasteiger partial charge in [-0.05, 0) is 23.6 Å². The van der Waals surface area contributed by atoms with Gasteiger partial charge in [0.15, 0.2) is 11.5 Å². The standard InChI is InChI=1S/C12H16O2/c1-9(2)4-5-10-6-7-12(14-3)11(13)8-10/h4-9,13H,1-3H3/b5-4+. The highest BCUT2D eigenvalue weighted by Gasteiger charge is 1.99. The summed E-state index contributed by atoms with van der Waals surface area (Å²) in [4.78, 5) is 0. The monoisotopic (exact) mass is 192 g/mol. The van der Waals surface area contributed by atoms with Crippen LogP contribution in [0.25, 0.3) is 6.08 Å². The first-order valence-electron chi connectivity index (χ1n) is 4.68. The molecule has 76 valence electrons. The van der Waals surface area contributed by atoms with Gasteiger partial charge in [0.2, 0.25) is 0 Å². The third kappa shape index (κ3) is 2.80. The van der Waals surface area contributed by atoms with Crippen molar-refractivity contribution >= 4 is 6.08 Å². The lowest BCUT2D eigenvalue weighted by Crippen LogP contribution is -1.84. The number of benzene rings is 1. The van der Waals surface area contributed by atoms with Gasteiger partial charge in [0.1, 0.15) is 0 Å². The number of hydrogen-bond acceptors (Lipinski definition) is 2. The van der Waals surface area contributed by atoms with Crippen molar-refractivity contribution in [3.63, 3.8) is 0 Å². The average Bonchev–Trinajstić information content (AvgIpc) is 2.15. The van der Waals surface area contributed by atoms with E-state index in [0.29, 0.717) is 11.7 Å². The highest BCUT2D eigenvalue weighted by molar-refractivity contribution is 5.55. The summed E-state index contributed by atoms with van der Waals surface area (Å²) in [5, 5.41) is 9.50. The third-order valence-electron chi connectivity index (χ3n) is 1.88. The van der Waals surface area contributed by atoms with Crippen LogP contribution in [0.3, 0.4) is 0 Å². The Morgan fingerprint density at radius 1 is 1.36 bits per heavy atom. The van der Waals surface area contributed by atoms with Crippen LogP contribution in [0.2, 0.25) is 0 Å². The second-order valence-corrected chi connectivity index (χ2v) is 3.53. The first-order chi connectivity index (χ1) is 6.63. The largest absolute Gasteiger partial charge is 0.504 e. The van der Waals surface area contributed by atoms with E-state index < -0.39 is 0 Å². The molecule has 0 aliphatic carbocycles. The molecule has 0 spiro atoms. The van der Waals surface area contributed by atoms with Gasteiger partial charge in [-0.3, -0.25) is 0 Å². The minimum atomic E-state index is 0.179. The SMILES string of the molecule is COc1ccc(/C=C/C(C)C)cc1O. The predicted molar refractivity (Wildman–Crippen MR) is 58.5 cm³/mol. The molecule has 0 bridgehead atoms. The smallest absolute Gasteiger partial charge is 0.160 e. The van der Waals surface area contributed by atoms with Gasteiger partial charge in [-0.15, -0.1) is 0 Å². The molecule has 1 aromatic rings. The minimum Gasteiger partial charge on any atom is -0.504 e. The Morgan fingerprint density at radius 2 is 2.07 bits per heavy atom. The first-order valence-corrected chi connectivity index (χ1v) is 4.68. The average molecular weight is 192 g/mol. The van der Waals surface area contributed by atoms with E-state index >= 15 is 0 Å². The molecular formula is C12H16O2. The Kier molecular flexibility index (Phi) is 3.57. The summed E-state index contributed by atoms with van der Waals surface area (Å²) >= 11 is 0. The summed E-state index contributed by atoms with van der Waals surface area (Å²) in [6.45, 7) is 4.22. The molecule has 0 unspecified atom stereocenters. The van der Waals surface area contributed by atoms with E-state index in [4.69, 9.17) is 4.74 Å². The maximum absolute atomic E-state index is 9.50. The molecular weight excluding hydrogens is 176 g/mol. The van der Waals surface area contributed by atoms with Crippen LogP contribution in [0.5, 0.6) is 11.5 Å². The molecule has 2 nitrogen and oxygen atoms in total. The van der Waals surface area contributed by atoms with Crippen LogP contribution in [-0.4, -0.2) is 12.2 Å². The van der Waals surface area contributed by atoms with E-state index in [1.165, 1.54) is 0 Å². The van der Waals surface area contributed by atoms with Crippen LogP contribution in [0.4, 0.5) is 0 Å². The van der Waals surface area contributed by atoms with Gasteiger partial charge in [-0.2, -0.15) is 0 Å². The second kappa shape index (κ2) is 4.70. The molecule has 1 aromatic carbocycles. The van der Waals surface area contributed by atoms with Crippen molar-refractivity contribution in [2.45, 2.75) is 13.8 Å². The quantitative estimate of drug-likeness (QED) is 0.797. The van der Waals surface area contributed by atoms with Crippen molar-refractivity contribution in [3.8, 4) is 11.5 Å². The number of hydrogen-bond donors (Lipinski definition) is 1. The summed E-state index contributed by atoms with van der Waals surface area (Å²) in [5.41, 5.74) is 0.983. The van der Waals surface area contributed by atoms with Crippen molar-refractivity contribution in [2.75, 3.05) is 7.11 Å². The van der Waals surface area contributed by atoms with Crippen molar-refractivity contribution in [1.29, 1.82) is 0 Å². The van der Waals surface area contributed by atoms with Crippen LogP contribution >= 0.6 is 0 Å².